The van der Waals surface area contributed by atoms with E-state index in [0.717, 1.165) is 6.42 Å². The van der Waals surface area contributed by atoms with Crippen molar-refractivity contribution in [3.8, 4) is 0 Å². The molecular formula is C17H17. The van der Waals surface area contributed by atoms with E-state index in [9.17, 15) is 0 Å². The molecule has 2 rings (SSSR count). The van der Waals surface area contributed by atoms with Gasteiger partial charge in [0.2, 0.25) is 0 Å². The molecule has 0 heteroatoms. The van der Waals surface area contributed by atoms with Crippen LogP contribution in [0.25, 0.3) is 6.08 Å². The van der Waals surface area contributed by atoms with E-state index in [-0.39, 0.29) is 0 Å². The minimum Gasteiger partial charge on any atom is -0.0622 e. The van der Waals surface area contributed by atoms with E-state index in [2.05, 4.69) is 68.0 Å². The van der Waals surface area contributed by atoms with Gasteiger partial charge in [-0.3, -0.25) is 0 Å². The molecule has 0 nitrogen and oxygen atoms in total. The third kappa shape index (κ3) is 3.60. The molecule has 0 fully saturated rings. The highest BCUT2D eigenvalue weighted by Crippen LogP contribution is 2.17. The standard InChI is InChI=1S/C17H17/c1-2-15(13-16-9-5-3-6-10-16)14-17-11-7-4-8-12-17/h3-14H,2H2,1H3. The Kier molecular flexibility index (Phi) is 4.15. The van der Waals surface area contributed by atoms with Crippen molar-refractivity contribution >= 4 is 6.08 Å². The monoisotopic (exact) mass is 221 g/mol. The van der Waals surface area contributed by atoms with Gasteiger partial charge < -0.3 is 0 Å². The van der Waals surface area contributed by atoms with Crippen molar-refractivity contribution < 1.29 is 0 Å². The summed E-state index contributed by atoms with van der Waals surface area (Å²) in [6, 6.07) is 20.9. The normalized spacial score (nSPS) is 11.5. The second kappa shape index (κ2) is 6.05. The lowest BCUT2D eigenvalue weighted by molar-refractivity contribution is 1.13. The van der Waals surface area contributed by atoms with Gasteiger partial charge in [0, 0.05) is 6.42 Å². The van der Waals surface area contributed by atoms with Gasteiger partial charge in [-0.1, -0.05) is 79.2 Å². The van der Waals surface area contributed by atoms with Gasteiger partial charge in [0.1, 0.15) is 0 Å². The lowest BCUT2D eigenvalue weighted by Crippen LogP contribution is -1.86. The first-order valence-electron chi connectivity index (χ1n) is 6.04. The fourth-order valence-corrected chi connectivity index (χ4v) is 1.77. The Hall–Kier alpha value is -1.82. The highest BCUT2D eigenvalue weighted by molar-refractivity contribution is 5.56. The summed E-state index contributed by atoms with van der Waals surface area (Å²) in [6.07, 6.45) is 5.53. The molecule has 0 bridgehead atoms. The summed E-state index contributed by atoms with van der Waals surface area (Å²) in [7, 11) is 0. The van der Waals surface area contributed by atoms with Gasteiger partial charge in [0.15, 0.2) is 0 Å². The van der Waals surface area contributed by atoms with Crippen LogP contribution in [0.5, 0.6) is 0 Å². The summed E-state index contributed by atoms with van der Waals surface area (Å²) in [4.78, 5) is 0. The fraction of sp³-hybridized carbons (Fsp3) is 0.118. The smallest absolute Gasteiger partial charge is 0.0158 e. The van der Waals surface area contributed by atoms with Crippen LogP contribution in [0.2, 0.25) is 0 Å². The van der Waals surface area contributed by atoms with Gasteiger partial charge in [-0.2, -0.15) is 0 Å². The zero-order valence-corrected chi connectivity index (χ0v) is 10.1. The predicted molar refractivity (Wildman–Crippen MR) is 74.6 cm³/mol. The highest BCUT2D eigenvalue weighted by atomic mass is 14.0. The summed E-state index contributed by atoms with van der Waals surface area (Å²) in [6.45, 7) is 2.19. The first-order valence-corrected chi connectivity index (χ1v) is 6.04. The third-order valence-electron chi connectivity index (χ3n) is 2.71. The summed E-state index contributed by atoms with van der Waals surface area (Å²) in [5.74, 6) is 0. The van der Waals surface area contributed by atoms with Crippen molar-refractivity contribution in [3.05, 3.63) is 83.8 Å². The molecule has 0 unspecified atom stereocenters. The maximum Gasteiger partial charge on any atom is 0.0158 e. The second-order valence-electron chi connectivity index (χ2n) is 4.04. The van der Waals surface area contributed by atoms with Gasteiger partial charge in [0.05, 0.1) is 0 Å². The van der Waals surface area contributed by atoms with E-state index in [4.69, 9.17) is 0 Å². The highest BCUT2D eigenvalue weighted by Gasteiger charge is 1.98. The molecule has 1 radical (unpaired) electrons. The van der Waals surface area contributed by atoms with Crippen LogP contribution in [0.4, 0.5) is 0 Å². The lowest BCUT2D eigenvalue weighted by atomic mass is 10.0. The molecule has 0 aliphatic rings. The molecule has 0 saturated heterocycles. The van der Waals surface area contributed by atoms with Gasteiger partial charge in [0.25, 0.3) is 0 Å². The van der Waals surface area contributed by atoms with Gasteiger partial charge in [-0.25, -0.2) is 0 Å². The van der Waals surface area contributed by atoms with Crippen molar-refractivity contribution in [2.75, 3.05) is 0 Å². The van der Waals surface area contributed by atoms with E-state index in [1.807, 2.05) is 12.1 Å². The molecule has 0 aromatic heterocycles. The fourth-order valence-electron chi connectivity index (χ4n) is 1.77. The molecule has 0 heterocycles. The molecule has 0 aliphatic heterocycles. The third-order valence-corrected chi connectivity index (χ3v) is 2.71. The molecule has 0 aliphatic carbocycles. The predicted octanol–water partition coefficient (Wildman–Crippen LogP) is 4.73. The first-order chi connectivity index (χ1) is 8.38. The van der Waals surface area contributed by atoms with Crippen molar-refractivity contribution in [1.82, 2.24) is 0 Å². The minimum absolute atomic E-state index is 1.05. The van der Waals surface area contributed by atoms with E-state index in [0.29, 0.717) is 0 Å². The Morgan fingerprint density at radius 1 is 0.824 bits per heavy atom. The van der Waals surface area contributed by atoms with E-state index < -0.39 is 0 Å². The summed E-state index contributed by atoms with van der Waals surface area (Å²) in [5.41, 5.74) is 3.87. The van der Waals surface area contributed by atoms with Crippen LogP contribution in [-0.4, -0.2) is 0 Å². The molecule has 17 heavy (non-hydrogen) atoms. The summed E-state index contributed by atoms with van der Waals surface area (Å²) < 4.78 is 0. The maximum absolute atomic E-state index is 2.24. The molecule has 0 saturated carbocycles. The average molecular weight is 221 g/mol. The van der Waals surface area contributed by atoms with Crippen LogP contribution in [0.1, 0.15) is 24.5 Å². The number of allylic oxidation sites excluding steroid dienone is 1. The quantitative estimate of drug-likeness (QED) is 0.700. The van der Waals surface area contributed by atoms with Crippen molar-refractivity contribution in [2.24, 2.45) is 0 Å². The molecule has 0 spiro atoms. The summed E-state index contributed by atoms with van der Waals surface area (Å²) >= 11 is 0. The van der Waals surface area contributed by atoms with Gasteiger partial charge >= 0.3 is 0 Å². The van der Waals surface area contributed by atoms with Crippen molar-refractivity contribution in [2.45, 2.75) is 13.3 Å². The SMILES string of the molecule is CCC([CH]c1ccccc1)=Cc1ccccc1. The summed E-state index contributed by atoms with van der Waals surface area (Å²) in [5, 5.41) is 0. The van der Waals surface area contributed by atoms with E-state index >= 15 is 0 Å². The van der Waals surface area contributed by atoms with E-state index in [1.54, 1.807) is 0 Å². The molecule has 0 N–H and O–H groups in total. The zero-order chi connectivity index (χ0) is 11.9. The van der Waals surface area contributed by atoms with Gasteiger partial charge in [-0.15, -0.1) is 0 Å². The largest absolute Gasteiger partial charge is 0.0622 e. The van der Waals surface area contributed by atoms with Crippen LogP contribution in [0.15, 0.2) is 66.2 Å². The number of benzene rings is 2. The van der Waals surface area contributed by atoms with Crippen LogP contribution in [0, 0.1) is 6.42 Å². The molecule has 0 amide bonds. The van der Waals surface area contributed by atoms with Crippen LogP contribution < -0.4 is 0 Å². The molecule has 2 aromatic carbocycles. The Morgan fingerprint density at radius 2 is 1.35 bits per heavy atom. The Morgan fingerprint density at radius 3 is 1.88 bits per heavy atom. The molecule has 2 aromatic rings. The maximum atomic E-state index is 2.24. The van der Waals surface area contributed by atoms with E-state index in [1.165, 1.54) is 16.7 Å². The zero-order valence-electron chi connectivity index (χ0n) is 10.1. The number of rotatable bonds is 4. The molecular weight excluding hydrogens is 204 g/mol. The first kappa shape index (κ1) is 11.7. The molecule has 0 atom stereocenters. The Bertz CT molecular complexity index is 466. The number of hydrogen-bond donors (Lipinski definition) is 0. The topological polar surface area (TPSA) is 0 Å². The minimum atomic E-state index is 1.05. The second-order valence-corrected chi connectivity index (χ2v) is 4.04. The van der Waals surface area contributed by atoms with Gasteiger partial charge in [-0.05, 0) is 17.5 Å². The lowest BCUT2D eigenvalue weighted by Gasteiger charge is -2.04. The average Bonchev–Trinajstić information content (AvgIpc) is 2.40. The molecule has 85 valence electrons. The van der Waals surface area contributed by atoms with Crippen LogP contribution >= 0.6 is 0 Å². The Balaban J connectivity index is 2.15. The van der Waals surface area contributed by atoms with Crippen LogP contribution in [-0.2, 0) is 0 Å². The van der Waals surface area contributed by atoms with Crippen molar-refractivity contribution in [3.63, 3.8) is 0 Å². The number of hydrogen-bond acceptors (Lipinski definition) is 0. The van der Waals surface area contributed by atoms with Crippen LogP contribution in [0.3, 0.4) is 0 Å². The Labute approximate surface area is 104 Å². The van der Waals surface area contributed by atoms with Crippen molar-refractivity contribution in [1.29, 1.82) is 0 Å².